The largest absolute Gasteiger partial charge is 0.0616 e. The van der Waals surface area contributed by atoms with Gasteiger partial charge in [0, 0.05) is 4.47 Å². The molecule has 0 atom stereocenters. The molecule has 0 saturated carbocycles. The molecule has 0 heterocycles. The van der Waals surface area contributed by atoms with E-state index < -0.39 is 0 Å². The van der Waals surface area contributed by atoms with Crippen molar-refractivity contribution in [3.05, 3.63) is 42.8 Å². The van der Waals surface area contributed by atoms with Crippen molar-refractivity contribution < 1.29 is 0 Å². The molecule has 0 unspecified atom stereocenters. The van der Waals surface area contributed by atoms with Gasteiger partial charge in [-0.3, -0.25) is 0 Å². The van der Waals surface area contributed by atoms with Gasteiger partial charge >= 0.3 is 0 Å². The third-order valence-electron chi connectivity index (χ3n) is 2.05. The predicted octanol–water partition coefficient (Wildman–Crippen LogP) is 5.32. The highest BCUT2D eigenvalue weighted by Crippen LogP contribution is 2.27. The van der Waals surface area contributed by atoms with Crippen LogP contribution in [0.5, 0.6) is 0 Å². The van der Waals surface area contributed by atoms with Crippen molar-refractivity contribution in [1.29, 1.82) is 0 Å². The van der Waals surface area contributed by atoms with Crippen LogP contribution in [0.3, 0.4) is 0 Å². The smallest absolute Gasteiger partial charge is 0.0596 e. The lowest BCUT2D eigenvalue weighted by Gasteiger charge is -2.07. The van der Waals surface area contributed by atoms with E-state index in [-0.39, 0.29) is 0 Å². The van der Waals surface area contributed by atoms with Crippen LogP contribution in [0.4, 0.5) is 0 Å². The monoisotopic (exact) mass is 380 g/mol. The number of hydrogen-bond donors (Lipinski definition) is 0. The molecule has 1 aromatic rings. The van der Waals surface area contributed by atoms with Crippen LogP contribution in [0, 0.1) is 6.92 Å². The molecule has 0 bridgehead atoms. The van der Waals surface area contributed by atoms with E-state index in [9.17, 15) is 0 Å². The number of halogens is 3. The van der Waals surface area contributed by atoms with E-state index in [0.717, 1.165) is 9.81 Å². The molecule has 0 radical (unpaired) electrons. The Labute approximate surface area is 110 Å². The molecule has 0 aliphatic carbocycles. The third-order valence-corrected chi connectivity index (χ3v) is 4.54. The molecule has 0 aliphatic heterocycles. The van der Waals surface area contributed by atoms with Crippen LogP contribution in [0.25, 0.3) is 0 Å². The summed E-state index contributed by atoms with van der Waals surface area (Å²) in [5, 5.41) is 0. The Hall–Kier alpha value is 0.400. The average Bonchev–Trinajstić information content (AvgIpc) is 2.12. The van der Waals surface area contributed by atoms with Crippen molar-refractivity contribution >= 4 is 47.8 Å². The Bertz CT molecular complexity index is 363. The summed E-state index contributed by atoms with van der Waals surface area (Å²) in [4.78, 5) is 0. The fourth-order valence-corrected chi connectivity index (χ4v) is 1.88. The molecule has 1 aromatic carbocycles. The van der Waals surface area contributed by atoms with Gasteiger partial charge in [0.05, 0.1) is 3.39 Å². The quantitative estimate of drug-likeness (QED) is 0.649. The number of allylic oxidation sites excluding steroid dienone is 1. The highest BCUT2D eigenvalue weighted by atomic mass is 79.9. The van der Waals surface area contributed by atoms with E-state index in [1.807, 2.05) is 0 Å². The van der Waals surface area contributed by atoms with Gasteiger partial charge < -0.3 is 0 Å². The molecule has 0 aliphatic rings. The second-order valence-corrected chi connectivity index (χ2v) is 6.71. The van der Waals surface area contributed by atoms with Crippen molar-refractivity contribution in [2.45, 2.75) is 20.3 Å². The van der Waals surface area contributed by atoms with Gasteiger partial charge in [0.2, 0.25) is 0 Å². The second kappa shape index (κ2) is 5.47. The predicted molar refractivity (Wildman–Crippen MR) is 73.1 cm³/mol. The van der Waals surface area contributed by atoms with E-state index >= 15 is 0 Å². The fourth-order valence-electron chi connectivity index (χ4n) is 1.20. The first-order valence-corrected chi connectivity index (χ1v) is 6.65. The van der Waals surface area contributed by atoms with Gasteiger partial charge in [0.25, 0.3) is 0 Å². The number of hydrogen-bond acceptors (Lipinski definition) is 0. The summed E-state index contributed by atoms with van der Waals surface area (Å²) < 4.78 is 2.25. The van der Waals surface area contributed by atoms with Gasteiger partial charge in [0.1, 0.15) is 0 Å². The summed E-state index contributed by atoms with van der Waals surface area (Å²) in [7, 11) is 0. The van der Waals surface area contributed by atoms with Gasteiger partial charge in [-0.15, -0.1) is 0 Å². The van der Waals surface area contributed by atoms with Crippen LogP contribution in [0.1, 0.15) is 18.1 Å². The zero-order valence-corrected chi connectivity index (χ0v) is 12.8. The molecular weight excluding hydrogens is 372 g/mol. The molecule has 1 rings (SSSR count). The minimum absolute atomic E-state index is 0.952. The minimum atomic E-state index is 0.952. The minimum Gasteiger partial charge on any atom is -0.0616 e. The summed E-state index contributed by atoms with van der Waals surface area (Å²) in [5.41, 5.74) is 3.89. The standard InChI is InChI=1S/C11H11Br3/c1-7-4-3-5-9(10(7)12)6-8(2)11(13)14/h3-5H,6H2,1-2H3. The average molecular weight is 383 g/mol. The van der Waals surface area contributed by atoms with E-state index in [1.165, 1.54) is 21.2 Å². The molecule has 0 spiro atoms. The Morgan fingerprint density at radius 2 is 1.93 bits per heavy atom. The number of aryl methyl sites for hydroxylation is 1. The normalized spacial score (nSPS) is 10.1. The zero-order valence-electron chi connectivity index (χ0n) is 8.07. The highest BCUT2D eigenvalue weighted by molar-refractivity contribution is 9.28. The van der Waals surface area contributed by atoms with E-state index in [4.69, 9.17) is 0 Å². The van der Waals surface area contributed by atoms with E-state index in [2.05, 4.69) is 79.8 Å². The summed E-state index contributed by atoms with van der Waals surface area (Å²) in [6.45, 7) is 4.21. The van der Waals surface area contributed by atoms with Crippen molar-refractivity contribution in [2.75, 3.05) is 0 Å². The molecule has 0 aromatic heterocycles. The maximum absolute atomic E-state index is 3.60. The lowest BCUT2D eigenvalue weighted by Crippen LogP contribution is -1.90. The molecule has 14 heavy (non-hydrogen) atoms. The van der Waals surface area contributed by atoms with Crippen LogP contribution in [-0.2, 0) is 6.42 Å². The van der Waals surface area contributed by atoms with Crippen LogP contribution >= 0.6 is 47.8 Å². The molecule has 0 N–H and O–H groups in total. The molecule has 0 fully saturated rings. The molecular formula is C11H11Br3. The van der Waals surface area contributed by atoms with Crippen molar-refractivity contribution in [3.63, 3.8) is 0 Å². The van der Waals surface area contributed by atoms with Crippen LogP contribution in [0.15, 0.2) is 31.6 Å². The van der Waals surface area contributed by atoms with Crippen molar-refractivity contribution in [3.8, 4) is 0 Å². The Kier molecular flexibility index (Phi) is 4.88. The molecule has 0 saturated heterocycles. The topological polar surface area (TPSA) is 0 Å². The zero-order chi connectivity index (χ0) is 10.7. The molecule has 3 heteroatoms. The Morgan fingerprint density at radius 1 is 1.29 bits per heavy atom. The van der Waals surface area contributed by atoms with Gasteiger partial charge in [0.15, 0.2) is 0 Å². The number of rotatable bonds is 2. The summed E-state index contributed by atoms with van der Waals surface area (Å²) in [6.07, 6.45) is 0.952. The van der Waals surface area contributed by atoms with Crippen LogP contribution in [0.2, 0.25) is 0 Å². The van der Waals surface area contributed by atoms with E-state index in [1.54, 1.807) is 0 Å². The first-order valence-electron chi connectivity index (χ1n) is 4.27. The molecule has 0 amide bonds. The van der Waals surface area contributed by atoms with E-state index in [0.29, 0.717) is 0 Å². The van der Waals surface area contributed by atoms with Crippen molar-refractivity contribution in [1.82, 2.24) is 0 Å². The Balaban J connectivity index is 2.99. The number of benzene rings is 1. The van der Waals surface area contributed by atoms with Crippen LogP contribution in [-0.4, -0.2) is 0 Å². The Morgan fingerprint density at radius 3 is 2.50 bits per heavy atom. The maximum Gasteiger partial charge on any atom is 0.0596 e. The third kappa shape index (κ3) is 3.21. The first-order chi connectivity index (χ1) is 6.52. The summed E-state index contributed by atoms with van der Waals surface area (Å²) >= 11 is 10.4. The van der Waals surface area contributed by atoms with Crippen molar-refractivity contribution in [2.24, 2.45) is 0 Å². The highest BCUT2D eigenvalue weighted by Gasteiger charge is 2.04. The lowest BCUT2D eigenvalue weighted by molar-refractivity contribution is 1.13. The fraction of sp³-hybridized carbons (Fsp3) is 0.273. The maximum atomic E-state index is 3.60. The van der Waals surface area contributed by atoms with Gasteiger partial charge in [-0.05, 0) is 68.8 Å². The summed E-state index contributed by atoms with van der Waals surface area (Å²) in [6, 6.07) is 6.34. The molecule has 0 nitrogen and oxygen atoms in total. The first kappa shape index (κ1) is 12.5. The molecule has 76 valence electrons. The SMILES string of the molecule is CC(Cc1cccc(C)c1Br)=C(Br)Br. The second-order valence-electron chi connectivity index (χ2n) is 3.27. The van der Waals surface area contributed by atoms with Gasteiger partial charge in [-0.1, -0.05) is 34.1 Å². The van der Waals surface area contributed by atoms with Gasteiger partial charge in [-0.25, -0.2) is 0 Å². The van der Waals surface area contributed by atoms with Gasteiger partial charge in [-0.2, -0.15) is 0 Å². The lowest BCUT2D eigenvalue weighted by atomic mass is 10.1. The summed E-state index contributed by atoms with van der Waals surface area (Å²) in [5.74, 6) is 0. The van der Waals surface area contributed by atoms with Crippen LogP contribution < -0.4 is 0 Å².